The minimum atomic E-state index is 0.0354. The normalized spacial score (nSPS) is 22.3. The van der Waals surface area contributed by atoms with Crippen molar-refractivity contribution in [1.82, 2.24) is 10.2 Å². The first-order chi connectivity index (χ1) is 6.91. The number of carbonyl (C=O) groups is 1. The van der Waals surface area contributed by atoms with Crippen molar-refractivity contribution in [3.8, 4) is 0 Å². The fraction of sp³-hybridized carbons (Fsp3) is 0.800. The van der Waals surface area contributed by atoms with E-state index in [2.05, 4.69) is 24.2 Å². The third-order valence-corrected chi connectivity index (χ3v) is 3.18. The van der Waals surface area contributed by atoms with E-state index < -0.39 is 0 Å². The van der Waals surface area contributed by atoms with Crippen LogP contribution < -0.4 is 5.32 Å². The molecule has 0 bridgehead atoms. The van der Waals surface area contributed by atoms with Crippen molar-refractivity contribution >= 4 is 22.8 Å². The smallest absolute Gasteiger partial charge is 0.243 e. The highest BCUT2D eigenvalue weighted by Crippen LogP contribution is 2.21. The molecule has 0 aromatic heterocycles. The van der Waals surface area contributed by atoms with Crippen LogP contribution in [0.1, 0.15) is 20.3 Å². The minimum Gasteiger partial charge on any atom is -0.360 e. The van der Waals surface area contributed by atoms with Gasteiger partial charge in [0.2, 0.25) is 5.91 Å². The number of carbonyl (C=O) groups excluding carboxylic acids is 1. The van der Waals surface area contributed by atoms with Gasteiger partial charge in [-0.3, -0.25) is 9.79 Å². The van der Waals surface area contributed by atoms with Crippen LogP contribution >= 0.6 is 11.8 Å². The Morgan fingerprint density at radius 2 is 2.27 bits per heavy atom. The van der Waals surface area contributed by atoms with E-state index in [9.17, 15) is 4.79 Å². The van der Waals surface area contributed by atoms with Crippen molar-refractivity contribution in [2.75, 3.05) is 26.4 Å². The first-order valence-electron chi connectivity index (χ1n) is 5.06. The zero-order valence-electron chi connectivity index (χ0n) is 9.83. The molecule has 0 atom stereocenters. The van der Waals surface area contributed by atoms with Crippen molar-refractivity contribution in [2.24, 2.45) is 4.99 Å². The molecule has 0 spiro atoms. The van der Waals surface area contributed by atoms with Gasteiger partial charge in [0.1, 0.15) is 6.54 Å². The summed E-state index contributed by atoms with van der Waals surface area (Å²) in [6.45, 7) is 4.53. The summed E-state index contributed by atoms with van der Waals surface area (Å²) in [4.78, 5) is 17.2. The van der Waals surface area contributed by atoms with Crippen LogP contribution in [-0.2, 0) is 4.79 Å². The second kappa shape index (κ2) is 4.88. The summed E-state index contributed by atoms with van der Waals surface area (Å²) >= 11 is 1.69. The van der Waals surface area contributed by atoms with E-state index in [1.54, 1.807) is 30.8 Å². The summed E-state index contributed by atoms with van der Waals surface area (Å²) in [6, 6.07) is 0. The van der Waals surface area contributed by atoms with Crippen LogP contribution in [0.2, 0.25) is 0 Å². The molecular weight excluding hydrogens is 210 g/mol. The number of amidine groups is 1. The van der Waals surface area contributed by atoms with Crippen LogP contribution in [0.25, 0.3) is 0 Å². The molecular formula is C10H19N3OS. The first-order valence-corrected chi connectivity index (χ1v) is 6.05. The van der Waals surface area contributed by atoms with Gasteiger partial charge in [0.15, 0.2) is 5.17 Å². The standard InChI is InChI=1S/C10H19N3OS/c1-10(2)5-6-15-9(12-10)11-7-8(14)13(3)4/h5-7H2,1-4H3,(H,11,12). The first kappa shape index (κ1) is 12.4. The minimum absolute atomic E-state index is 0.0354. The molecule has 5 heteroatoms. The van der Waals surface area contributed by atoms with Gasteiger partial charge in [0, 0.05) is 25.4 Å². The molecule has 0 unspecified atom stereocenters. The van der Waals surface area contributed by atoms with E-state index in [0.717, 1.165) is 17.3 Å². The topological polar surface area (TPSA) is 44.7 Å². The molecule has 0 aromatic rings. The predicted molar refractivity (Wildman–Crippen MR) is 65.3 cm³/mol. The van der Waals surface area contributed by atoms with Crippen LogP contribution in [-0.4, -0.2) is 47.9 Å². The molecule has 1 aliphatic rings. The largest absolute Gasteiger partial charge is 0.360 e. The maximum Gasteiger partial charge on any atom is 0.243 e. The molecule has 1 N–H and O–H groups in total. The van der Waals surface area contributed by atoms with Crippen LogP contribution in [0.5, 0.6) is 0 Å². The number of aliphatic imine (C=N–C) groups is 1. The maximum atomic E-state index is 11.3. The summed E-state index contributed by atoms with van der Waals surface area (Å²) in [5, 5.41) is 4.22. The highest BCUT2D eigenvalue weighted by Gasteiger charge is 2.24. The van der Waals surface area contributed by atoms with Crippen LogP contribution in [0, 0.1) is 0 Å². The summed E-state index contributed by atoms with van der Waals surface area (Å²) in [7, 11) is 3.49. The van der Waals surface area contributed by atoms with Gasteiger partial charge >= 0.3 is 0 Å². The summed E-state index contributed by atoms with van der Waals surface area (Å²) in [6.07, 6.45) is 1.12. The molecule has 4 nitrogen and oxygen atoms in total. The third kappa shape index (κ3) is 4.11. The molecule has 0 aromatic carbocycles. The SMILES string of the molecule is CN(C)C(=O)CN=C1NC(C)(C)CCS1. The molecule has 0 saturated carbocycles. The maximum absolute atomic E-state index is 11.3. The number of likely N-dealkylation sites (N-methyl/N-ethyl adjacent to an activating group) is 1. The lowest BCUT2D eigenvalue weighted by molar-refractivity contribution is -0.127. The lowest BCUT2D eigenvalue weighted by Gasteiger charge is -2.32. The Labute approximate surface area is 95.5 Å². The van der Waals surface area contributed by atoms with E-state index in [1.807, 2.05) is 0 Å². The average Bonchev–Trinajstić information content (AvgIpc) is 2.12. The van der Waals surface area contributed by atoms with Crippen LogP contribution in [0.3, 0.4) is 0 Å². The van der Waals surface area contributed by atoms with Gasteiger partial charge in [-0.25, -0.2) is 0 Å². The highest BCUT2D eigenvalue weighted by atomic mass is 32.2. The molecule has 15 heavy (non-hydrogen) atoms. The second-order valence-electron chi connectivity index (χ2n) is 4.52. The van der Waals surface area contributed by atoms with Crippen molar-refractivity contribution in [2.45, 2.75) is 25.8 Å². The Morgan fingerprint density at radius 1 is 1.60 bits per heavy atom. The number of nitrogens with one attached hydrogen (secondary N) is 1. The Balaban J connectivity index is 2.49. The van der Waals surface area contributed by atoms with Gasteiger partial charge in [-0.05, 0) is 20.3 Å². The van der Waals surface area contributed by atoms with E-state index in [1.165, 1.54) is 0 Å². The van der Waals surface area contributed by atoms with Gasteiger partial charge in [-0.15, -0.1) is 0 Å². The number of hydrogen-bond acceptors (Lipinski definition) is 3. The molecule has 0 aliphatic carbocycles. The number of rotatable bonds is 2. The Hall–Kier alpha value is -0.710. The lowest BCUT2D eigenvalue weighted by Crippen LogP contribution is -2.46. The lowest BCUT2D eigenvalue weighted by atomic mass is 10.0. The van der Waals surface area contributed by atoms with E-state index in [4.69, 9.17) is 0 Å². The summed E-state index contributed by atoms with van der Waals surface area (Å²) < 4.78 is 0. The Kier molecular flexibility index (Phi) is 4.02. The predicted octanol–water partition coefficient (Wildman–Crippen LogP) is 0.936. The number of hydrogen-bond donors (Lipinski definition) is 1. The van der Waals surface area contributed by atoms with Crippen LogP contribution in [0.15, 0.2) is 4.99 Å². The Bertz CT molecular complexity index is 274. The monoisotopic (exact) mass is 229 g/mol. The van der Waals surface area contributed by atoms with Gasteiger partial charge in [-0.1, -0.05) is 11.8 Å². The number of thioether (sulfide) groups is 1. The third-order valence-electron chi connectivity index (χ3n) is 2.27. The fourth-order valence-electron chi connectivity index (χ4n) is 1.16. The fourth-order valence-corrected chi connectivity index (χ4v) is 2.47. The average molecular weight is 229 g/mol. The van der Waals surface area contributed by atoms with Crippen molar-refractivity contribution in [3.05, 3.63) is 0 Å². The number of amides is 1. The van der Waals surface area contributed by atoms with E-state index in [0.29, 0.717) is 0 Å². The van der Waals surface area contributed by atoms with E-state index >= 15 is 0 Å². The molecule has 1 heterocycles. The quantitative estimate of drug-likeness (QED) is 0.766. The molecule has 1 amide bonds. The summed E-state index contributed by atoms with van der Waals surface area (Å²) in [5.41, 5.74) is 0.102. The van der Waals surface area contributed by atoms with Crippen molar-refractivity contribution in [1.29, 1.82) is 0 Å². The van der Waals surface area contributed by atoms with Gasteiger partial charge < -0.3 is 10.2 Å². The van der Waals surface area contributed by atoms with E-state index in [-0.39, 0.29) is 18.0 Å². The van der Waals surface area contributed by atoms with Gasteiger partial charge in [0.05, 0.1) is 0 Å². The molecule has 1 saturated heterocycles. The molecule has 1 aliphatic heterocycles. The van der Waals surface area contributed by atoms with Gasteiger partial charge in [0.25, 0.3) is 0 Å². The zero-order valence-corrected chi connectivity index (χ0v) is 10.6. The van der Waals surface area contributed by atoms with Gasteiger partial charge in [-0.2, -0.15) is 0 Å². The van der Waals surface area contributed by atoms with Crippen LogP contribution in [0.4, 0.5) is 0 Å². The second-order valence-corrected chi connectivity index (χ2v) is 5.60. The van der Waals surface area contributed by atoms with Crippen molar-refractivity contribution in [3.63, 3.8) is 0 Å². The Morgan fingerprint density at radius 3 is 2.80 bits per heavy atom. The molecule has 86 valence electrons. The molecule has 0 radical (unpaired) electrons. The number of nitrogens with zero attached hydrogens (tertiary/aromatic N) is 2. The summed E-state index contributed by atoms with van der Waals surface area (Å²) in [5.74, 6) is 1.10. The highest BCUT2D eigenvalue weighted by molar-refractivity contribution is 8.13. The van der Waals surface area contributed by atoms with Crippen molar-refractivity contribution < 1.29 is 4.79 Å². The molecule has 1 rings (SSSR count). The molecule has 1 fully saturated rings. The zero-order chi connectivity index (χ0) is 11.5.